The van der Waals surface area contributed by atoms with Gasteiger partial charge in [-0.25, -0.2) is 0 Å². The Morgan fingerprint density at radius 2 is 2.11 bits per heavy atom. The molecule has 2 rings (SSSR count). The molecule has 5 nitrogen and oxygen atoms in total. The summed E-state index contributed by atoms with van der Waals surface area (Å²) in [4.78, 5) is 12.0. The number of carbonyl (C=O) groups excluding carboxylic acids is 1. The molecule has 1 amide bonds. The van der Waals surface area contributed by atoms with Gasteiger partial charge in [-0.3, -0.25) is 4.79 Å². The Hall–Kier alpha value is -2.30. The van der Waals surface area contributed by atoms with E-state index >= 15 is 0 Å². The van der Waals surface area contributed by atoms with Gasteiger partial charge < -0.3 is 14.6 Å². The fraction of sp³-hybridized carbons (Fsp3) is 0.286. The van der Waals surface area contributed by atoms with Crippen molar-refractivity contribution in [2.24, 2.45) is 0 Å². The van der Waals surface area contributed by atoms with Crippen LogP contribution in [0.3, 0.4) is 0 Å². The van der Waals surface area contributed by atoms with Gasteiger partial charge in [0.1, 0.15) is 5.75 Å². The molecule has 1 aromatic carbocycles. The van der Waals surface area contributed by atoms with Crippen molar-refractivity contribution in [1.82, 2.24) is 5.16 Å². The summed E-state index contributed by atoms with van der Waals surface area (Å²) >= 11 is 0. The third kappa shape index (κ3) is 3.34. The molecular formula is C14H16N2O3. The Morgan fingerprint density at radius 3 is 2.74 bits per heavy atom. The fourth-order valence-corrected chi connectivity index (χ4v) is 1.58. The van der Waals surface area contributed by atoms with Gasteiger partial charge in [0.05, 0.1) is 17.5 Å². The second-order valence-electron chi connectivity index (χ2n) is 4.45. The first-order valence-corrected chi connectivity index (χ1v) is 6.06. The van der Waals surface area contributed by atoms with E-state index in [2.05, 4.69) is 10.5 Å². The molecule has 0 spiro atoms. The van der Waals surface area contributed by atoms with Crippen LogP contribution >= 0.6 is 0 Å². The van der Waals surface area contributed by atoms with E-state index in [0.717, 1.165) is 0 Å². The molecule has 5 heteroatoms. The molecule has 0 radical (unpaired) electrons. The lowest BCUT2D eigenvalue weighted by Gasteiger charge is -2.14. The van der Waals surface area contributed by atoms with Gasteiger partial charge in [-0.1, -0.05) is 17.3 Å². The molecule has 1 aromatic heterocycles. The first kappa shape index (κ1) is 13.1. The van der Waals surface area contributed by atoms with Crippen LogP contribution in [-0.2, 0) is 0 Å². The van der Waals surface area contributed by atoms with Crippen LogP contribution in [0.4, 0.5) is 5.69 Å². The van der Waals surface area contributed by atoms with Crippen molar-refractivity contribution in [2.75, 3.05) is 5.32 Å². The van der Waals surface area contributed by atoms with Crippen LogP contribution in [0, 0.1) is 6.92 Å². The van der Waals surface area contributed by atoms with E-state index in [-0.39, 0.29) is 17.8 Å². The number of hydrogen-bond acceptors (Lipinski definition) is 4. The highest BCUT2D eigenvalue weighted by Gasteiger charge is 2.14. The molecule has 0 saturated heterocycles. The number of aromatic nitrogens is 1. The van der Waals surface area contributed by atoms with Gasteiger partial charge >= 0.3 is 0 Å². The molecule has 0 fully saturated rings. The molecule has 100 valence electrons. The van der Waals surface area contributed by atoms with E-state index in [1.54, 1.807) is 25.1 Å². The summed E-state index contributed by atoms with van der Waals surface area (Å²) in [7, 11) is 0. The average molecular weight is 260 g/mol. The highest BCUT2D eigenvalue weighted by atomic mass is 16.5. The van der Waals surface area contributed by atoms with Crippen LogP contribution in [-0.4, -0.2) is 17.2 Å². The quantitative estimate of drug-likeness (QED) is 0.917. The summed E-state index contributed by atoms with van der Waals surface area (Å²) in [5.74, 6) is 0.458. The predicted molar refractivity (Wildman–Crippen MR) is 71.4 cm³/mol. The SMILES string of the molecule is Cc1cc(C(=O)Nc2ccccc2OC(C)C)on1. The van der Waals surface area contributed by atoms with Gasteiger partial charge in [0, 0.05) is 6.07 Å². The number of anilines is 1. The summed E-state index contributed by atoms with van der Waals surface area (Å²) in [5.41, 5.74) is 1.27. The number of carbonyl (C=O) groups is 1. The van der Waals surface area contributed by atoms with Gasteiger partial charge in [0.15, 0.2) is 0 Å². The van der Waals surface area contributed by atoms with E-state index < -0.39 is 0 Å². The lowest BCUT2D eigenvalue weighted by molar-refractivity contribution is 0.0987. The van der Waals surface area contributed by atoms with Crippen LogP contribution in [0.1, 0.15) is 30.1 Å². The number of hydrogen-bond donors (Lipinski definition) is 1. The van der Waals surface area contributed by atoms with Crippen LogP contribution in [0.2, 0.25) is 0 Å². The number of ether oxygens (including phenoxy) is 1. The maximum atomic E-state index is 12.0. The van der Waals surface area contributed by atoms with E-state index in [9.17, 15) is 4.79 Å². The van der Waals surface area contributed by atoms with Crippen molar-refractivity contribution in [3.8, 4) is 5.75 Å². The number of para-hydroxylation sites is 2. The average Bonchev–Trinajstić information content (AvgIpc) is 2.78. The topological polar surface area (TPSA) is 64.4 Å². The Kier molecular flexibility index (Phi) is 3.85. The number of rotatable bonds is 4. The molecule has 0 aliphatic rings. The van der Waals surface area contributed by atoms with Crippen molar-refractivity contribution >= 4 is 11.6 Å². The number of amides is 1. The summed E-state index contributed by atoms with van der Waals surface area (Å²) in [5, 5.41) is 6.43. The lowest BCUT2D eigenvalue weighted by atomic mass is 10.2. The monoisotopic (exact) mass is 260 g/mol. The predicted octanol–water partition coefficient (Wildman–Crippen LogP) is 3.02. The molecule has 0 aliphatic carbocycles. The van der Waals surface area contributed by atoms with E-state index in [0.29, 0.717) is 17.1 Å². The molecule has 0 unspecified atom stereocenters. The molecule has 0 saturated carbocycles. The van der Waals surface area contributed by atoms with E-state index in [1.807, 2.05) is 26.0 Å². The van der Waals surface area contributed by atoms with Crippen LogP contribution < -0.4 is 10.1 Å². The minimum Gasteiger partial charge on any atom is -0.489 e. The molecule has 0 atom stereocenters. The summed E-state index contributed by atoms with van der Waals surface area (Å²) in [6, 6.07) is 8.85. The fourth-order valence-electron chi connectivity index (χ4n) is 1.58. The third-order valence-corrected chi connectivity index (χ3v) is 2.35. The molecule has 2 aromatic rings. The van der Waals surface area contributed by atoms with Gasteiger partial charge in [-0.15, -0.1) is 0 Å². The Balaban J connectivity index is 2.16. The number of nitrogens with zero attached hydrogens (tertiary/aromatic N) is 1. The maximum Gasteiger partial charge on any atom is 0.294 e. The number of benzene rings is 1. The molecule has 0 bridgehead atoms. The highest BCUT2D eigenvalue weighted by Crippen LogP contribution is 2.25. The van der Waals surface area contributed by atoms with Gasteiger partial charge in [0.25, 0.3) is 5.91 Å². The standard InChI is InChI=1S/C14H16N2O3/c1-9(2)18-12-7-5-4-6-11(12)15-14(17)13-8-10(3)16-19-13/h4-9H,1-3H3,(H,15,17). The van der Waals surface area contributed by atoms with Crippen molar-refractivity contribution in [2.45, 2.75) is 26.9 Å². The van der Waals surface area contributed by atoms with Crippen LogP contribution in [0.15, 0.2) is 34.9 Å². The van der Waals surface area contributed by atoms with Crippen molar-refractivity contribution in [1.29, 1.82) is 0 Å². The zero-order chi connectivity index (χ0) is 13.8. The maximum absolute atomic E-state index is 12.0. The van der Waals surface area contributed by atoms with E-state index in [4.69, 9.17) is 9.26 Å². The zero-order valence-electron chi connectivity index (χ0n) is 11.1. The second kappa shape index (κ2) is 5.56. The molecule has 1 N–H and O–H groups in total. The molecule has 1 heterocycles. The minimum atomic E-state index is -0.347. The molecular weight excluding hydrogens is 244 g/mol. The van der Waals surface area contributed by atoms with Crippen LogP contribution in [0.25, 0.3) is 0 Å². The largest absolute Gasteiger partial charge is 0.489 e. The molecule has 0 aliphatic heterocycles. The Bertz CT molecular complexity index is 576. The number of nitrogens with one attached hydrogen (secondary N) is 1. The first-order chi connectivity index (χ1) is 9.06. The van der Waals surface area contributed by atoms with Gasteiger partial charge in [-0.2, -0.15) is 0 Å². The number of aryl methyl sites for hydroxylation is 1. The Morgan fingerprint density at radius 1 is 1.37 bits per heavy atom. The minimum absolute atomic E-state index is 0.0329. The normalized spacial score (nSPS) is 10.5. The smallest absolute Gasteiger partial charge is 0.294 e. The van der Waals surface area contributed by atoms with Crippen molar-refractivity contribution in [3.63, 3.8) is 0 Å². The summed E-state index contributed by atoms with van der Waals surface area (Å²) in [6.07, 6.45) is 0.0329. The van der Waals surface area contributed by atoms with Crippen molar-refractivity contribution in [3.05, 3.63) is 41.8 Å². The van der Waals surface area contributed by atoms with Gasteiger partial charge in [0.2, 0.25) is 5.76 Å². The molecule has 19 heavy (non-hydrogen) atoms. The lowest BCUT2D eigenvalue weighted by Crippen LogP contribution is -2.13. The summed E-state index contributed by atoms with van der Waals surface area (Å²) < 4.78 is 10.5. The summed E-state index contributed by atoms with van der Waals surface area (Å²) in [6.45, 7) is 5.62. The first-order valence-electron chi connectivity index (χ1n) is 6.06. The van der Waals surface area contributed by atoms with Gasteiger partial charge in [-0.05, 0) is 32.9 Å². The second-order valence-corrected chi connectivity index (χ2v) is 4.45. The van der Waals surface area contributed by atoms with Crippen molar-refractivity contribution < 1.29 is 14.1 Å². The Labute approximate surface area is 111 Å². The third-order valence-electron chi connectivity index (χ3n) is 2.35. The zero-order valence-corrected chi connectivity index (χ0v) is 11.1. The highest BCUT2D eigenvalue weighted by molar-refractivity contribution is 6.03. The van der Waals surface area contributed by atoms with E-state index in [1.165, 1.54) is 0 Å². The van der Waals surface area contributed by atoms with Crippen LogP contribution in [0.5, 0.6) is 5.75 Å².